The average Bonchev–Trinajstić information content (AvgIpc) is 2.99. The Kier molecular flexibility index (Phi) is 4.40. The molecule has 2 aliphatic carbocycles. The van der Waals surface area contributed by atoms with E-state index in [0.29, 0.717) is 23.0 Å². The van der Waals surface area contributed by atoms with Crippen LogP contribution in [-0.2, 0) is 11.2 Å². The summed E-state index contributed by atoms with van der Waals surface area (Å²) < 4.78 is 0. The van der Waals surface area contributed by atoms with E-state index >= 15 is 0 Å². The smallest absolute Gasteiger partial charge is 0.255 e. The van der Waals surface area contributed by atoms with Gasteiger partial charge in [-0.25, -0.2) is 4.98 Å². The fraction of sp³-hybridized carbons (Fsp3) is 0.545. The Hall–Kier alpha value is -2.50. The van der Waals surface area contributed by atoms with Crippen molar-refractivity contribution >= 4 is 5.91 Å². The minimum atomic E-state index is -0.263. The summed E-state index contributed by atoms with van der Waals surface area (Å²) in [5.41, 5.74) is 1.86. The third kappa shape index (κ3) is 2.86. The number of hydrogen-bond donors (Lipinski definition) is 2. The number of hydrogen-bond acceptors (Lipinski definition) is 4. The van der Waals surface area contributed by atoms with Crippen molar-refractivity contribution in [3.05, 3.63) is 46.1 Å². The predicted molar refractivity (Wildman–Crippen MR) is 108 cm³/mol. The van der Waals surface area contributed by atoms with Gasteiger partial charge in [-0.2, -0.15) is 0 Å². The number of carbonyl (C=O) groups excluding carboxylic acids is 1. The first-order valence-corrected chi connectivity index (χ1v) is 10.0. The van der Waals surface area contributed by atoms with Gasteiger partial charge in [-0.3, -0.25) is 14.6 Å². The maximum absolute atomic E-state index is 12.8. The molecule has 2 aromatic heterocycles. The molecule has 2 bridgehead atoms. The lowest BCUT2D eigenvalue weighted by molar-refractivity contribution is -0.122. The molecule has 2 heterocycles. The van der Waals surface area contributed by atoms with Gasteiger partial charge in [0.15, 0.2) is 0 Å². The maximum atomic E-state index is 12.8. The summed E-state index contributed by atoms with van der Waals surface area (Å²) in [7, 11) is 0. The molecule has 4 rings (SSSR count). The van der Waals surface area contributed by atoms with Crippen LogP contribution < -0.4 is 10.9 Å². The SMILES string of the molecule is Cc1nc(-c2cccnc2)[nH]c(=O)c1CC(=O)NC1CC2CCC1(C)C2(C)C. The van der Waals surface area contributed by atoms with Gasteiger partial charge >= 0.3 is 0 Å². The molecule has 0 aromatic carbocycles. The van der Waals surface area contributed by atoms with E-state index in [0.717, 1.165) is 18.4 Å². The van der Waals surface area contributed by atoms with Crippen molar-refractivity contribution in [2.24, 2.45) is 16.7 Å². The number of nitrogens with one attached hydrogen (secondary N) is 2. The number of aromatic nitrogens is 3. The van der Waals surface area contributed by atoms with Crippen LogP contribution in [0.2, 0.25) is 0 Å². The molecule has 6 heteroatoms. The minimum absolute atomic E-state index is 0.0547. The van der Waals surface area contributed by atoms with Crippen molar-refractivity contribution in [1.82, 2.24) is 20.3 Å². The predicted octanol–water partition coefficient (Wildman–Crippen LogP) is 3.01. The van der Waals surface area contributed by atoms with E-state index in [1.165, 1.54) is 6.42 Å². The van der Waals surface area contributed by atoms with Gasteiger partial charge in [0.1, 0.15) is 5.82 Å². The highest BCUT2D eigenvalue weighted by atomic mass is 16.2. The average molecular weight is 380 g/mol. The summed E-state index contributed by atoms with van der Waals surface area (Å²) in [5.74, 6) is 1.04. The Bertz CT molecular complexity index is 966. The van der Waals surface area contributed by atoms with Gasteiger partial charge in [-0.1, -0.05) is 20.8 Å². The van der Waals surface area contributed by atoms with Crippen LogP contribution in [0, 0.1) is 23.7 Å². The number of rotatable bonds is 4. The molecule has 2 saturated carbocycles. The van der Waals surface area contributed by atoms with Crippen molar-refractivity contribution in [2.75, 3.05) is 0 Å². The fourth-order valence-corrected chi connectivity index (χ4v) is 5.29. The van der Waals surface area contributed by atoms with Crippen molar-refractivity contribution in [3.63, 3.8) is 0 Å². The Balaban J connectivity index is 1.51. The largest absolute Gasteiger partial charge is 0.353 e. The molecule has 2 aliphatic rings. The summed E-state index contributed by atoms with van der Waals surface area (Å²) >= 11 is 0. The van der Waals surface area contributed by atoms with Gasteiger partial charge in [0, 0.05) is 35.3 Å². The molecule has 0 radical (unpaired) electrons. The van der Waals surface area contributed by atoms with Crippen molar-refractivity contribution in [3.8, 4) is 11.4 Å². The molecule has 0 spiro atoms. The standard InChI is InChI=1S/C22H28N4O2/c1-13-16(20(28)26-19(24-13)14-6-5-9-23-12-14)11-18(27)25-17-10-15-7-8-22(17,4)21(15,2)3/h5-6,9,12,15,17H,7-8,10-11H2,1-4H3,(H,25,27)(H,24,26,28). The van der Waals surface area contributed by atoms with Gasteiger partial charge in [-0.05, 0) is 55.1 Å². The van der Waals surface area contributed by atoms with Crippen LogP contribution in [-0.4, -0.2) is 26.9 Å². The number of fused-ring (bicyclic) bond motifs is 2. The number of nitrogens with zero attached hydrogens (tertiary/aromatic N) is 2. The molecule has 0 saturated heterocycles. The summed E-state index contributed by atoms with van der Waals surface area (Å²) in [6.07, 6.45) is 6.80. The lowest BCUT2D eigenvalue weighted by Crippen LogP contribution is -2.47. The number of aromatic amines is 1. The second-order valence-corrected chi connectivity index (χ2v) is 9.13. The van der Waals surface area contributed by atoms with E-state index < -0.39 is 0 Å². The molecular weight excluding hydrogens is 352 g/mol. The zero-order valence-electron chi connectivity index (χ0n) is 17.0. The number of pyridine rings is 1. The van der Waals surface area contributed by atoms with Crippen molar-refractivity contribution in [1.29, 1.82) is 0 Å². The van der Waals surface area contributed by atoms with E-state index in [1.807, 2.05) is 6.07 Å². The van der Waals surface area contributed by atoms with E-state index in [2.05, 4.69) is 41.0 Å². The lowest BCUT2D eigenvalue weighted by Gasteiger charge is -2.39. The summed E-state index contributed by atoms with van der Waals surface area (Å²) in [5, 5.41) is 3.23. The van der Waals surface area contributed by atoms with Crippen molar-refractivity contribution < 1.29 is 4.79 Å². The molecular formula is C22H28N4O2. The monoisotopic (exact) mass is 380 g/mol. The molecule has 0 aliphatic heterocycles. The van der Waals surface area contributed by atoms with Crippen LogP contribution in [0.15, 0.2) is 29.3 Å². The zero-order chi connectivity index (χ0) is 20.1. The lowest BCUT2D eigenvalue weighted by atomic mass is 9.69. The number of amides is 1. The molecule has 2 N–H and O–H groups in total. The fourth-order valence-electron chi connectivity index (χ4n) is 5.29. The molecule has 3 unspecified atom stereocenters. The van der Waals surface area contributed by atoms with Crippen LogP contribution in [0.5, 0.6) is 0 Å². The zero-order valence-corrected chi connectivity index (χ0v) is 17.0. The van der Waals surface area contributed by atoms with Gasteiger partial charge in [-0.15, -0.1) is 0 Å². The third-order valence-corrected chi connectivity index (χ3v) is 7.62. The highest BCUT2D eigenvalue weighted by molar-refractivity contribution is 5.79. The van der Waals surface area contributed by atoms with E-state index in [-0.39, 0.29) is 34.8 Å². The highest BCUT2D eigenvalue weighted by Crippen LogP contribution is 2.65. The Morgan fingerprint density at radius 1 is 1.36 bits per heavy atom. The third-order valence-electron chi connectivity index (χ3n) is 7.62. The first-order chi connectivity index (χ1) is 13.2. The summed E-state index contributed by atoms with van der Waals surface area (Å²) in [6.45, 7) is 8.73. The topological polar surface area (TPSA) is 87.7 Å². The van der Waals surface area contributed by atoms with E-state index in [9.17, 15) is 9.59 Å². The molecule has 2 aromatic rings. The number of H-pyrrole nitrogens is 1. The van der Waals surface area contributed by atoms with Crippen LogP contribution in [0.1, 0.15) is 51.3 Å². The Labute approximate surface area is 165 Å². The minimum Gasteiger partial charge on any atom is -0.353 e. The second kappa shape index (κ2) is 6.54. The number of aryl methyl sites for hydroxylation is 1. The normalized spacial score (nSPS) is 27.7. The number of carbonyl (C=O) groups is 1. The quantitative estimate of drug-likeness (QED) is 0.853. The molecule has 148 valence electrons. The first-order valence-electron chi connectivity index (χ1n) is 10.0. The summed E-state index contributed by atoms with van der Waals surface area (Å²) in [6, 6.07) is 3.81. The molecule has 3 atom stereocenters. The second-order valence-electron chi connectivity index (χ2n) is 9.13. The maximum Gasteiger partial charge on any atom is 0.255 e. The van der Waals surface area contributed by atoms with E-state index in [1.54, 1.807) is 25.4 Å². The van der Waals surface area contributed by atoms with Crippen LogP contribution in [0.4, 0.5) is 0 Å². The van der Waals surface area contributed by atoms with Gasteiger partial charge in [0.2, 0.25) is 5.91 Å². The summed E-state index contributed by atoms with van der Waals surface area (Å²) in [4.78, 5) is 36.7. The Morgan fingerprint density at radius 2 is 2.14 bits per heavy atom. The van der Waals surface area contributed by atoms with Crippen LogP contribution in [0.3, 0.4) is 0 Å². The molecule has 1 amide bonds. The molecule has 28 heavy (non-hydrogen) atoms. The van der Waals surface area contributed by atoms with Crippen molar-refractivity contribution in [2.45, 2.75) is 59.4 Å². The van der Waals surface area contributed by atoms with Crippen LogP contribution >= 0.6 is 0 Å². The molecule has 2 fully saturated rings. The van der Waals surface area contributed by atoms with Gasteiger partial charge < -0.3 is 10.3 Å². The Morgan fingerprint density at radius 3 is 2.71 bits per heavy atom. The van der Waals surface area contributed by atoms with Crippen LogP contribution in [0.25, 0.3) is 11.4 Å². The van der Waals surface area contributed by atoms with E-state index in [4.69, 9.17) is 0 Å². The first kappa shape index (κ1) is 18.8. The van der Waals surface area contributed by atoms with Gasteiger partial charge in [0.25, 0.3) is 5.56 Å². The van der Waals surface area contributed by atoms with Gasteiger partial charge in [0.05, 0.1) is 6.42 Å². The molecule has 6 nitrogen and oxygen atoms in total. The highest BCUT2D eigenvalue weighted by Gasteiger charge is 2.61.